The largest absolute Gasteiger partial charge is 0.370 e. The van der Waals surface area contributed by atoms with Gasteiger partial charge in [0, 0.05) is 24.7 Å². The van der Waals surface area contributed by atoms with Gasteiger partial charge in [0.05, 0.1) is 0 Å². The van der Waals surface area contributed by atoms with Crippen LogP contribution in [0.3, 0.4) is 0 Å². The van der Waals surface area contributed by atoms with Crippen molar-refractivity contribution in [3.05, 3.63) is 88.9 Å². The number of carbonyl (C=O) groups is 1. The molecule has 0 radical (unpaired) electrons. The molecule has 0 aliphatic carbocycles. The number of aryl methyl sites for hydroxylation is 1. The number of anilines is 1. The lowest BCUT2D eigenvalue weighted by Gasteiger charge is -2.10. The highest BCUT2D eigenvalue weighted by Gasteiger charge is 2.11. The molecule has 0 spiro atoms. The highest BCUT2D eigenvalue weighted by atomic mass is 19.1. The van der Waals surface area contributed by atoms with Crippen molar-refractivity contribution in [2.75, 3.05) is 11.9 Å². The SMILES string of the molecule is Cc1nc(NCCc2ccccc2F)cc(C(=O)NCc2ccccc2F)n1. The molecule has 1 aromatic heterocycles. The summed E-state index contributed by atoms with van der Waals surface area (Å²) in [5, 5.41) is 5.73. The van der Waals surface area contributed by atoms with Crippen LogP contribution in [0.4, 0.5) is 14.6 Å². The first-order valence-corrected chi connectivity index (χ1v) is 8.87. The molecule has 28 heavy (non-hydrogen) atoms. The van der Waals surface area contributed by atoms with Crippen LogP contribution >= 0.6 is 0 Å². The second-order valence-electron chi connectivity index (χ2n) is 6.23. The lowest BCUT2D eigenvalue weighted by atomic mass is 10.1. The van der Waals surface area contributed by atoms with Crippen LogP contribution < -0.4 is 10.6 Å². The Morgan fingerprint density at radius 2 is 1.61 bits per heavy atom. The standard InChI is InChI=1S/C21H20F2N4O/c1-14-26-19(21(28)25-13-16-7-3-5-9-18(16)23)12-20(27-14)24-11-10-15-6-2-4-8-17(15)22/h2-9,12H,10-11,13H2,1H3,(H,25,28)(H,24,26,27). The van der Waals surface area contributed by atoms with Crippen molar-refractivity contribution >= 4 is 11.7 Å². The van der Waals surface area contributed by atoms with E-state index >= 15 is 0 Å². The molecule has 0 unspecified atom stereocenters. The number of rotatable bonds is 7. The van der Waals surface area contributed by atoms with Crippen molar-refractivity contribution in [2.24, 2.45) is 0 Å². The van der Waals surface area contributed by atoms with Gasteiger partial charge in [0.15, 0.2) is 0 Å². The zero-order valence-corrected chi connectivity index (χ0v) is 15.4. The normalized spacial score (nSPS) is 10.5. The summed E-state index contributed by atoms with van der Waals surface area (Å²) < 4.78 is 27.3. The zero-order chi connectivity index (χ0) is 19.9. The summed E-state index contributed by atoms with van der Waals surface area (Å²) >= 11 is 0. The van der Waals surface area contributed by atoms with Crippen molar-refractivity contribution in [3.8, 4) is 0 Å². The Kier molecular flexibility index (Phi) is 6.26. The van der Waals surface area contributed by atoms with Gasteiger partial charge >= 0.3 is 0 Å². The summed E-state index contributed by atoms with van der Waals surface area (Å²) in [5.41, 5.74) is 1.17. The molecule has 0 saturated heterocycles. The molecule has 0 aliphatic heterocycles. The van der Waals surface area contributed by atoms with Gasteiger partial charge in [0.25, 0.3) is 5.91 Å². The minimum absolute atomic E-state index is 0.0601. The molecule has 1 amide bonds. The molecule has 3 rings (SSSR count). The van der Waals surface area contributed by atoms with Crippen LogP contribution in [-0.4, -0.2) is 22.4 Å². The molecule has 7 heteroatoms. The van der Waals surface area contributed by atoms with Crippen molar-refractivity contribution < 1.29 is 13.6 Å². The van der Waals surface area contributed by atoms with Crippen molar-refractivity contribution in [1.29, 1.82) is 0 Å². The minimum Gasteiger partial charge on any atom is -0.370 e. The fourth-order valence-electron chi connectivity index (χ4n) is 2.71. The maximum absolute atomic E-state index is 13.7. The topological polar surface area (TPSA) is 66.9 Å². The molecule has 0 saturated carbocycles. The Bertz CT molecular complexity index is 978. The highest BCUT2D eigenvalue weighted by Crippen LogP contribution is 2.11. The highest BCUT2D eigenvalue weighted by molar-refractivity contribution is 5.92. The third kappa shape index (κ3) is 5.09. The number of carbonyl (C=O) groups excluding carboxylic acids is 1. The van der Waals surface area contributed by atoms with Crippen LogP contribution in [0.2, 0.25) is 0 Å². The first kappa shape index (κ1) is 19.4. The predicted octanol–water partition coefficient (Wildman–Crippen LogP) is 3.65. The van der Waals surface area contributed by atoms with Crippen LogP contribution in [-0.2, 0) is 13.0 Å². The molecule has 2 aromatic carbocycles. The molecule has 0 fully saturated rings. The van der Waals surface area contributed by atoms with Crippen LogP contribution in [0, 0.1) is 18.6 Å². The van der Waals surface area contributed by atoms with Crippen LogP contribution in [0.1, 0.15) is 27.4 Å². The lowest BCUT2D eigenvalue weighted by molar-refractivity contribution is 0.0945. The van der Waals surface area contributed by atoms with E-state index in [1.165, 1.54) is 18.2 Å². The first-order chi connectivity index (χ1) is 13.5. The Morgan fingerprint density at radius 1 is 0.964 bits per heavy atom. The van der Waals surface area contributed by atoms with E-state index in [4.69, 9.17) is 0 Å². The molecule has 1 heterocycles. The van der Waals surface area contributed by atoms with Gasteiger partial charge in [0.2, 0.25) is 0 Å². The van der Waals surface area contributed by atoms with Gasteiger partial charge in [-0.25, -0.2) is 18.7 Å². The Morgan fingerprint density at radius 3 is 2.29 bits per heavy atom. The number of halogens is 2. The Balaban J connectivity index is 1.61. The van der Waals surface area contributed by atoms with Crippen LogP contribution in [0.5, 0.6) is 0 Å². The number of amides is 1. The van der Waals surface area contributed by atoms with E-state index in [1.54, 1.807) is 43.3 Å². The van der Waals surface area contributed by atoms with Gasteiger partial charge in [-0.3, -0.25) is 4.79 Å². The summed E-state index contributed by atoms with van der Waals surface area (Å²) in [6, 6.07) is 14.3. The van der Waals surface area contributed by atoms with Crippen molar-refractivity contribution in [2.45, 2.75) is 19.9 Å². The lowest BCUT2D eigenvalue weighted by Crippen LogP contribution is -2.25. The summed E-state index contributed by atoms with van der Waals surface area (Å²) in [7, 11) is 0. The monoisotopic (exact) mass is 382 g/mol. The summed E-state index contributed by atoms with van der Waals surface area (Å²) in [6.45, 7) is 2.19. The van der Waals surface area contributed by atoms with E-state index in [2.05, 4.69) is 20.6 Å². The predicted molar refractivity (Wildman–Crippen MR) is 103 cm³/mol. The van der Waals surface area contributed by atoms with Gasteiger partial charge in [-0.2, -0.15) is 0 Å². The molecule has 3 aromatic rings. The molecular weight excluding hydrogens is 362 g/mol. The fourth-order valence-corrected chi connectivity index (χ4v) is 2.71. The number of hydrogen-bond donors (Lipinski definition) is 2. The van der Waals surface area contributed by atoms with Gasteiger partial charge in [-0.1, -0.05) is 36.4 Å². The van der Waals surface area contributed by atoms with Gasteiger partial charge in [0.1, 0.15) is 29.0 Å². The molecule has 5 nitrogen and oxygen atoms in total. The number of nitrogens with zero attached hydrogens (tertiary/aromatic N) is 2. The van der Waals surface area contributed by atoms with Crippen molar-refractivity contribution in [1.82, 2.24) is 15.3 Å². The van der Waals surface area contributed by atoms with Gasteiger partial charge in [-0.05, 0) is 31.0 Å². The third-order valence-corrected chi connectivity index (χ3v) is 4.13. The molecule has 144 valence electrons. The molecule has 2 N–H and O–H groups in total. The van der Waals surface area contributed by atoms with E-state index in [9.17, 15) is 13.6 Å². The number of nitrogens with one attached hydrogen (secondary N) is 2. The zero-order valence-electron chi connectivity index (χ0n) is 15.4. The van der Waals surface area contributed by atoms with E-state index in [-0.39, 0.29) is 23.9 Å². The Hall–Kier alpha value is -3.35. The van der Waals surface area contributed by atoms with Crippen LogP contribution in [0.25, 0.3) is 0 Å². The Labute approximate surface area is 161 Å². The number of benzene rings is 2. The summed E-state index contributed by atoms with van der Waals surface area (Å²) in [4.78, 5) is 20.8. The molecular formula is C21H20F2N4O. The average Bonchev–Trinajstić information content (AvgIpc) is 2.68. The molecule has 0 bridgehead atoms. The smallest absolute Gasteiger partial charge is 0.270 e. The fraction of sp³-hybridized carbons (Fsp3) is 0.190. The van der Waals surface area contributed by atoms with Gasteiger partial charge in [-0.15, -0.1) is 0 Å². The number of aromatic nitrogens is 2. The van der Waals surface area contributed by atoms with E-state index < -0.39 is 5.91 Å². The summed E-state index contributed by atoms with van der Waals surface area (Å²) in [6.07, 6.45) is 0.477. The van der Waals surface area contributed by atoms with E-state index in [0.29, 0.717) is 35.7 Å². The molecule has 0 atom stereocenters. The van der Waals surface area contributed by atoms with E-state index in [0.717, 1.165) is 0 Å². The van der Waals surface area contributed by atoms with Gasteiger partial charge < -0.3 is 10.6 Å². The van der Waals surface area contributed by atoms with Crippen LogP contribution in [0.15, 0.2) is 54.6 Å². The third-order valence-electron chi connectivity index (χ3n) is 4.13. The first-order valence-electron chi connectivity index (χ1n) is 8.87. The second-order valence-corrected chi connectivity index (χ2v) is 6.23. The second kappa shape index (κ2) is 9.03. The number of hydrogen-bond acceptors (Lipinski definition) is 4. The quantitative estimate of drug-likeness (QED) is 0.655. The maximum Gasteiger partial charge on any atom is 0.270 e. The van der Waals surface area contributed by atoms with Crippen molar-refractivity contribution in [3.63, 3.8) is 0 Å². The molecule has 0 aliphatic rings. The summed E-state index contributed by atoms with van der Waals surface area (Å²) in [5.74, 6) is -0.161. The van der Waals surface area contributed by atoms with E-state index in [1.807, 2.05) is 0 Å². The average molecular weight is 382 g/mol. The maximum atomic E-state index is 13.7. The minimum atomic E-state index is -0.425.